The summed E-state index contributed by atoms with van der Waals surface area (Å²) in [6, 6.07) is 10.6. The number of methoxy groups -OCH3 is 1. The Kier molecular flexibility index (Phi) is 4.00. The van der Waals surface area contributed by atoms with Crippen molar-refractivity contribution in [2.75, 3.05) is 7.11 Å². The van der Waals surface area contributed by atoms with E-state index < -0.39 is 5.97 Å². The van der Waals surface area contributed by atoms with E-state index in [0.29, 0.717) is 5.56 Å². The molecule has 0 aliphatic rings. The predicted molar refractivity (Wildman–Crippen MR) is 58.6 cm³/mol. The average molecular weight is 210 g/mol. The first-order valence-corrected chi connectivity index (χ1v) is 4.52. The molecule has 0 saturated carbocycles. The average Bonchev–Trinajstić information content (AvgIpc) is 2.27. The predicted octanol–water partition coefficient (Wildman–Crippen LogP) is -0.337. The van der Waals surface area contributed by atoms with Gasteiger partial charge >= 0.3 is 24.8 Å². The maximum Gasteiger partial charge on any atom is 1.00 e. The summed E-state index contributed by atoms with van der Waals surface area (Å²) in [6.07, 6.45) is 0. The third kappa shape index (κ3) is 2.38. The van der Waals surface area contributed by atoms with E-state index in [0.717, 1.165) is 16.5 Å². The standard InChI is InChI=1S/C12H10O3.Li.H/c1-15-11-5-4-8-6-10(12(13)14)3-2-9(8)7-11;;/h2-7H,1H3,(H,13,14);;/q;+1;-1. The molecule has 0 heterocycles. The van der Waals surface area contributed by atoms with Crippen molar-refractivity contribution in [3.8, 4) is 5.75 Å². The van der Waals surface area contributed by atoms with Crippen LogP contribution in [0.1, 0.15) is 11.8 Å². The van der Waals surface area contributed by atoms with E-state index in [1.807, 2.05) is 18.2 Å². The molecule has 0 aliphatic carbocycles. The van der Waals surface area contributed by atoms with Crippen LogP contribution in [0.15, 0.2) is 36.4 Å². The molecule has 0 radical (unpaired) electrons. The smallest absolute Gasteiger partial charge is 1.00 e. The number of fused-ring (bicyclic) bond motifs is 1. The van der Waals surface area contributed by atoms with Crippen LogP contribution in [0.2, 0.25) is 0 Å². The van der Waals surface area contributed by atoms with E-state index >= 15 is 0 Å². The van der Waals surface area contributed by atoms with Crippen LogP contribution in [0.4, 0.5) is 0 Å². The largest absolute Gasteiger partial charge is 1.00 e. The first-order valence-electron chi connectivity index (χ1n) is 4.52. The van der Waals surface area contributed by atoms with Crippen LogP contribution in [0, 0.1) is 0 Å². The topological polar surface area (TPSA) is 46.5 Å². The zero-order valence-corrected chi connectivity index (χ0v) is 9.23. The van der Waals surface area contributed by atoms with Crippen molar-refractivity contribution in [2.24, 2.45) is 0 Å². The van der Waals surface area contributed by atoms with Crippen LogP contribution in [0.25, 0.3) is 10.8 Å². The number of hydrogen-bond donors (Lipinski definition) is 1. The second kappa shape index (κ2) is 5.07. The van der Waals surface area contributed by atoms with Gasteiger partial charge in [-0.15, -0.1) is 0 Å². The minimum Gasteiger partial charge on any atom is -1.00 e. The van der Waals surface area contributed by atoms with Crippen molar-refractivity contribution in [3.63, 3.8) is 0 Å². The number of carbonyl (C=O) groups is 1. The van der Waals surface area contributed by atoms with Gasteiger partial charge in [0.05, 0.1) is 12.7 Å². The van der Waals surface area contributed by atoms with Crippen LogP contribution in [-0.2, 0) is 0 Å². The maximum atomic E-state index is 10.7. The Hall–Kier alpha value is -1.43. The van der Waals surface area contributed by atoms with E-state index in [-0.39, 0.29) is 20.3 Å². The van der Waals surface area contributed by atoms with Gasteiger partial charge in [-0.3, -0.25) is 0 Å². The van der Waals surface area contributed by atoms with Crippen molar-refractivity contribution in [1.29, 1.82) is 0 Å². The van der Waals surface area contributed by atoms with Gasteiger partial charge in [-0.1, -0.05) is 12.1 Å². The normalized spacial score (nSPS) is 9.56. The summed E-state index contributed by atoms with van der Waals surface area (Å²) >= 11 is 0. The molecule has 78 valence electrons. The Labute approximate surface area is 107 Å². The van der Waals surface area contributed by atoms with Crippen molar-refractivity contribution >= 4 is 16.7 Å². The maximum absolute atomic E-state index is 10.7. The summed E-state index contributed by atoms with van der Waals surface area (Å²) in [6.45, 7) is 0. The molecule has 4 heteroatoms. The number of ether oxygens (including phenoxy) is 1. The summed E-state index contributed by atoms with van der Waals surface area (Å²) in [4.78, 5) is 10.7. The zero-order chi connectivity index (χ0) is 10.8. The summed E-state index contributed by atoms with van der Waals surface area (Å²) in [5, 5.41) is 10.7. The molecule has 0 aliphatic heterocycles. The molecule has 0 spiro atoms. The number of rotatable bonds is 2. The number of benzene rings is 2. The molecule has 0 amide bonds. The van der Waals surface area contributed by atoms with Crippen LogP contribution in [0.5, 0.6) is 5.75 Å². The second-order valence-corrected chi connectivity index (χ2v) is 3.23. The Morgan fingerprint density at radius 2 is 1.81 bits per heavy atom. The fraction of sp³-hybridized carbons (Fsp3) is 0.0833. The molecule has 16 heavy (non-hydrogen) atoms. The number of aromatic carboxylic acids is 1. The first kappa shape index (κ1) is 12.6. The summed E-state index contributed by atoms with van der Waals surface area (Å²) in [5.41, 5.74) is 0.299. The van der Waals surface area contributed by atoms with Crippen molar-refractivity contribution in [2.45, 2.75) is 0 Å². The number of carboxylic acid groups (broad SMARTS) is 1. The molecule has 1 N–H and O–H groups in total. The second-order valence-electron chi connectivity index (χ2n) is 3.23. The van der Waals surface area contributed by atoms with Gasteiger partial charge in [0.2, 0.25) is 0 Å². The molecule has 2 rings (SSSR count). The molecule has 2 aromatic rings. The molecule has 2 aromatic carbocycles. The van der Waals surface area contributed by atoms with Crippen LogP contribution >= 0.6 is 0 Å². The van der Waals surface area contributed by atoms with E-state index in [1.54, 1.807) is 25.3 Å². The Bertz CT molecular complexity index is 528. The molecule has 0 aromatic heterocycles. The van der Waals surface area contributed by atoms with Crippen molar-refractivity contribution < 1.29 is 34.9 Å². The fourth-order valence-corrected chi connectivity index (χ4v) is 1.48. The van der Waals surface area contributed by atoms with Gasteiger partial charge in [0.25, 0.3) is 0 Å². The van der Waals surface area contributed by atoms with E-state index in [1.165, 1.54) is 0 Å². The zero-order valence-electron chi connectivity index (χ0n) is 10.2. The van der Waals surface area contributed by atoms with Gasteiger partial charge < -0.3 is 11.3 Å². The summed E-state index contributed by atoms with van der Waals surface area (Å²) in [5.74, 6) is -0.140. The monoisotopic (exact) mass is 210 g/mol. The van der Waals surface area contributed by atoms with Crippen LogP contribution in [0.3, 0.4) is 0 Å². The fourth-order valence-electron chi connectivity index (χ4n) is 1.48. The molecular weight excluding hydrogens is 199 g/mol. The van der Waals surface area contributed by atoms with E-state index in [9.17, 15) is 4.79 Å². The molecule has 0 fully saturated rings. The molecular formula is C12H11LiO3. The quantitative estimate of drug-likeness (QED) is 0.690. The van der Waals surface area contributed by atoms with Crippen LogP contribution < -0.4 is 23.6 Å². The Morgan fingerprint density at radius 1 is 1.19 bits per heavy atom. The van der Waals surface area contributed by atoms with Crippen LogP contribution in [-0.4, -0.2) is 18.2 Å². The van der Waals surface area contributed by atoms with Gasteiger partial charge in [-0.2, -0.15) is 0 Å². The molecule has 0 atom stereocenters. The minimum atomic E-state index is -0.910. The third-order valence-corrected chi connectivity index (χ3v) is 2.29. The molecule has 0 bridgehead atoms. The SMILES string of the molecule is COc1ccc2cc(C(=O)O)ccc2c1.[H-].[Li+]. The molecule has 0 unspecified atom stereocenters. The third-order valence-electron chi connectivity index (χ3n) is 2.29. The van der Waals surface area contributed by atoms with Gasteiger partial charge in [0.1, 0.15) is 5.75 Å². The number of carboxylic acids is 1. The first-order chi connectivity index (χ1) is 7.20. The molecule has 0 saturated heterocycles. The van der Waals surface area contributed by atoms with Crippen molar-refractivity contribution in [1.82, 2.24) is 0 Å². The van der Waals surface area contributed by atoms with Gasteiger partial charge in [0.15, 0.2) is 0 Å². The Morgan fingerprint density at radius 3 is 2.44 bits per heavy atom. The van der Waals surface area contributed by atoms with Gasteiger partial charge in [-0.05, 0) is 35.0 Å². The van der Waals surface area contributed by atoms with E-state index in [4.69, 9.17) is 9.84 Å². The van der Waals surface area contributed by atoms with Gasteiger partial charge in [-0.25, -0.2) is 4.79 Å². The van der Waals surface area contributed by atoms with Gasteiger partial charge in [0, 0.05) is 0 Å². The summed E-state index contributed by atoms with van der Waals surface area (Å²) in [7, 11) is 1.60. The Balaban J connectivity index is 0.00000128. The van der Waals surface area contributed by atoms with Crippen molar-refractivity contribution in [3.05, 3.63) is 42.0 Å². The minimum absolute atomic E-state index is 0. The van der Waals surface area contributed by atoms with E-state index in [2.05, 4.69) is 0 Å². The summed E-state index contributed by atoms with van der Waals surface area (Å²) < 4.78 is 5.08. The molecule has 3 nitrogen and oxygen atoms in total. The number of hydrogen-bond acceptors (Lipinski definition) is 2.